The fraction of sp³-hybridized carbons (Fsp3) is 0.500. The van der Waals surface area contributed by atoms with Crippen LogP contribution in [0.1, 0.15) is 48.2 Å². The van der Waals surface area contributed by atoms with Crippen LogP contribution in [-0.2, 0) is 4.74 Å². The van der Waals surface area contributed by atoms with Gasteiger partial charge in [-0.05, 0) is 37.5 Å². The van der Waals surface area contributed by atoms with Crippen molar-refractivity contribution in [2.45, 2.75) is 44.6 Å². The monoisotopic (exact) mass is 369 g/mol. The first kappa shape index (κ1) is 17.6. The van der Waals surface area contributed by atoms with E-state index in [1.165, 1.54) is 42.7 Å². The minimum absolute atomic E-state index is 0.209. The van der Waals surface area contributed by atoms with Gasteiger partial charge in [-0.1, -0.05) is 30.9 Å². The summed E-state index contributed by atoms with van der Waals surface area (Å²) in [5.41, 5.74) is 0. The Hall–Kier alpha value is -1.17. The predicted molar refractivity (Wildman–Crippen MR) is 96.6 cm³/mol. The van der Waals surface area contributed by atoms with Gasteiger partial charge in [0.05, 0.1) is 11.1 Å². The largest absolute Gasteiger partial charge is 0.378 e. The molecule has 0 bridgehead atoms. The number of rotatable bonds is 6. The fourth-order valence-electron chi connectivity index (χ4n) is 3.02. The van der Waals surface area contributed by atoms with Gasteiger partial charge in [0.1, 0.15) is 10.7 Å². The molecule has 0 spiro atoms. The summed E-state index contributed by atoms with van der Waals surface area (Å²) in [4.78, 5) is 12.7. The molecule has 1 heterocycles. The molecule has 1 amide bonds. The van der Waals surface area contributed by atoms with Gasteiger partial charge in [-0.3, -0.25) is 4.79 Å². The highest BCUT2D eigenvalue weighted by Gasteiger charge is 2.17. The molecule has 3 nitrogen and oxygen atoms in total. The number of thiophene rings is 1. The van der Waals surface area contributed by atoms with Crippen LogP contribution >= 0.6 is 22.9 Å². The van der Waals surface area contributed by atoms with Crippen molar-refractivity contribution >= 4 is 38.9 Å². The predicted octanol–water partition coefficient (Wildman–Crippen LogP) is 5.16. The van der Waals surface area contributed by atoms with E-state index < -0.39 is 0 Å². The van der Waals surface area contributed by atoms with Gasteiger partial charge in [0.2, 0.25) is 0 Å². The topological polar surface area (TPSA) is 38.3 Å². The van der Waals surface area contributed by atoms with Crippen molar-refractivity contribution in [1.82, 2.24) is 5.32 Å². The second-order valence-corrected chi connectivity index (χ2v) is 7.56. The van der Waals surface area contributed by atoms with Gasteiger partial charge in [0, 0.05) is 23.2 Å². The summed E-state index contributed by atoms with van der Waals surface area (Å²) < 4.78 is 19.8. The Morgan fingerprint density at radius 3 is 2.92 bits per heavy atom. The number of halogens is 2. The molecular weight excluding hydrogens is 349 g/mol. The zero-order valence-electron chi connectivity index (χ0n) is 13.4. The Kier molecular flexibility index (Phi) is 6.09. The van der Waals surface area contributed by atoms with Crippen molar-refractivity contribution in [1.29, 1.82) is 0 Å². The molecule has 3 rings (SSSR count). The van der Waals surface area contributed by atoms with Crippen molar-refractivity contribution in [3.8, 4) is 0 Å². The highest BCUT2D eigenvalue weighted by molar-refractivity contribution is 7.21. The van der Waals surface area contributed by atoms with Crippen molar-refractivity contribution in [2.24, 2.45) is 0 Å². The van der Waals surface area contributed by atoms with Gasteiger partial charge in [0.25, 0.3) is 5.91 Å². The maximum atomic E-state index is 13.3. The van der Waals surface area contributed by atoms with Crippen LogP contribution in [0.2, 0.25) is 5.02 Å². The van der Waals surface area contributed by atoms with Crippen molar-refractivity contribution < 1.29 is 13.9 Å². The fourth-order valence-corrected chi connectivity index (χ4v) is 4.48. The molecule has 1 aromatic carbocycles. The SMILES string of the molecule is O=C(NCCCOC1CCCCC1)c1sc2cc(F)ccc2c1Cl. The molecular formula is C18H21ClFNO2S. The van der Waals surface area contributed by atoms with E-state index in [0.717, 1.165) is 19.3 Å². The molecule has 6 heteroatoms. The third kappa shape index (κ3) is 4.26. The molecule has 1 aromatic heterocycles. The Bertz CT molecular complexity index is 712. The summed E-state index contributed by atoms with van der Waals surface area (Å²) in [6.07, 6.45) is 7.30. The van der Waals surface area contributed by atoms with Crippen LogP contribution in [0.25, 0.3) is 10.1 Å². The number of ether oxygens (including phenoxy) is 1. The van der Waals surface area contributed by atoms with Gasteiger partial charge >= 0.3 is 0 Å². The lowest BCUT2D eigenvalue weighted by atomic mass is 9.98. The van der Waals surface area contributed by atoms with Crippen molar-refractivity contribution in [2.75, 3.05) is 13.2 Å². The molecule has 24 heavy (non-hydrogen) atoms. The van der Waals surface area contributed by atoms with E-state index in [1.54, 1.807) is 6.07 Å². The molecule has 1 aliphatic rings. The summed E-state index contributed by atoms with van der Waals surface area (Å²) in [6, 6.07) is 4.37. The Morgan fingerprint density at radius 1 is 1.33 bits per heavy atom. The van der Waals surface area contributed by atoms with Crippen LogP contribution in [0.4, 0.5) is 4.39 Å². The second-order valence-electron chi connectivity index (χ2n) is 6.13. The van der Waals surface area contributed by atoms with Crippen molar-refractivity contribution in [3.63, 3.8) is 0 Å². The molecule has 1 saturated carbocycles. The summed E-state index contributed by atoms with van der Waals surface area (Å²) in [7, 11) is 0. The lowest BCUT2D eigenvalue weighted by molar-refractivity contribution is 0.0273. The minimum Gasteiger partial charge on any atom is -0.378 e. The Balaban J connectivity index is 1.47. The number of fused-ring (bicyclic) bond motifs is 1. The molecule has 2 aromatic rings. The van der Waals surface area contributed by atoms with Gasteiger partial charge < -0.3 is 10.1 Å². The van der Waals surface area contributed by atoms with E-state index >= 15 is 0 Å². The van der Waals surface area contributed by atoms with E-state index in [2.05, 4.69) is 5.32 Å². The molecule has 1 N–H and O–H groups in total. The van der Waals surface area contributed by atoms with Gasteiger partial charge in [0.15, 0.2) is 0 Å². The number of carbonyl (C=O) groups is 1. The Morgan fingerprint density at radius 2 is 2.12 bits per heavy atom. The van der Waals surface area contributed by atoms with E-state index in [4.69, 9.17) is 16.3 Å². The summed E-state index contributed by atoms with van der Waals surface area (Å²) in [6.45, 7) is 1.21. The maximum Gasteiger partial charge on any atom is 0.262 e. The standard InChI is InChI=1S/C18H21ClFNO2S/c19-16-14-8-7-12(20)11-15(14)24-17(16)18(22)21-9-4-10-23-13-5-2-1-3-6-13/h7-8,11,13H,1-6,9-10H2,(H,21,22). The lowest BCUT2D eigenvalue weighted by Gasteiger charge is -2.21. The normalized spacial score (nSPS) is 15.8. The number of nitrogens with one attached hydrogen (secondary N) is 1. The molecule has 0 radical (unpaired) electrons. The first-order chi connectivity index (χ1) is 11.6. The van der Waals surface area contributed by atoms with E-state index in [1.807, 2.05) is 0 Å². The van der Waals surface area contributed by atoms with Gasteiger partial charge in [-0.2, -0.15) is 0 Å². The van der Waals surface area contributed by atoms with Crippen LogP contribution in [-0.4, -0.2) is 25.2 Å². The van der Waals surface area contributed by atoms with Gasteiger partial charge in [-0.15, -0.1) is 11.3 Å². The van der Waals surface area contributed by atoms with E-state index in [-0.39, 0.29) is 11.7 Å². The first-order valence-electron chi connectivity index (χ1n) is 8.42. The number of carbonyl (C=O) groups excluding carboxylic acids is 1. The van der Waals surface area contributed by atoms with Crippen LogP contribution in [0.15, 0.2) is 18.2 Å². The molecule has 0 atom stereocenters. The minimum atomic E-state index is -0.327. The summed E-state index contributed by atoms with van der Waals surface area (Å²) in [5, 5.41) is 3.98. The third-order valence-corrected chi connectivity index (χ3v) is 5.97. The number of benzene rings is 1. The van der Waals surface area contributed by atoms with Crippen LogP contribution < -0.4 is 5.32 Å². The average Bonchev–Trinajstić information content (AvgIpc) is 2.91. The van der Waals surface area contributed by atoms with Crippen LogP contribution in [0, 0.1) is 5.82 Å². The highest BCUT2D eigenvalue weighted by atomic mass is 35.5. The average molecular weight is 370 g/mol. The summed E-state index contributed by atoms with van der Waals surface area (Å²) >= 11 is 7.47. The summed E-state index contributed by atoms with van der Waals surface area (Å²) in [5.74, 6) is -0.536. The third-order valence-electron chi connectivity index (χ3n) is 4.31. The number of hydrogen-bond donors (Lipinski definition) is 1. The van der Waals surface area contributed by atoms with Crippen molar-refractivity contribution in [3.05, 3.63) is 33.9 Å². The van der Waals surface area contributed by atoms with E-state index in [0.29, 0.717) is 39.2 Å². The zero-order valence-corrected chi connectivity index (χ0v) is 15.0. The molecule has 0 unspecified atom stereocenters. The maximum absolute atomic E-state index is 13.3. The molecule has 130 valence electrons. The number of amides is 1. The van der Waals surface area contributed by atoms with E-state index in [9.17, 15) is 9.18 Å². The smallest absolute Gasteiger partial charge is 0.262 e. The highest BCUT2D eigenvalue weighted by Crippen LogP contribution is 2.35. The van der Waals surface area contributed by atoms with Crippen LogP contribution in [0.5, 0.6) is 0 Å². The molecule has 0 saturated heterocycles. The molecule has 0 aliphatic heterocycles. The first-order valence-corrected chi connectivity index (χ1v) is 9.62. The quantitative estimate of drug-likeness (QED) is 0.714. The second kappa shape index (κ2) is 8.28. The Labute approximate surface area is 150 Å². The van der Waals surface area contributed by atoms with Crippen LogP contribution in [0.3, 0.4) is 0 Å². The van der Waals surface area contributed by atoms with Gasteiger partial charge in [-0.25, -0.2) is 4.39 Å². The molecule has 1 aliphatic carbocycles. The zero-order chi connectivity index (χ0) is 16.9. The molecule has 1 fully saturated rings. The number of hydrogen-bond acceptors (Lipinski definition) is 3. The lowest BCUT2D eigenvalue weighted by Crippen LogP contribution is -2.25.